The molecular weight excluding hydrogens is 166 g/mol. The lowest BCUT2D eigenvalue weighted by Gasteiger charge is -2.20. The van der Waals surface area contributed by atoms with Gasteiger partial charge in [0.1, 0.15) is 0 Å². The van der Waals surface area contributed by atoms with Crippen LogP contribution >= 0.6 is 0 Å². The summed E-state index contributed by atoms with van der Waals surface area (Å²) in [5.41, 5.74) is -0.649. The van der Waals surface area contributed by atoms with Crippen molar-refractivity contribution in [2.75, 3.05) is 13.1 Å². The second kappa shape index (κ2) is 4.40. The van der Waals surface area contributed by atoms with Crippen LogP contribution in [-0.4, -0.2) is 35.0 Å². The summed E-state index contributed by atoms with van der Waals surface area (Å²) in [7, 11) is 0. The summed E-state index contributed by atoms with van der Waals surface area (Å²) in [6, 6.07) is 0. The Morgan fingerprint density at radius 2 is 2.08 bits per heavy atom. The molecule has 0 amide bonds. The fourth-order valence-electron chi connectivity index (χ4n) is 1.82. The Hall–Kier alpha value is -0.120. The minimum Gasteiger partial charge on any atom is -0.393 e. The molecule has 0 radical (unpaired) electrons. The molecule has 0 saturated heterocycles. The van der Waals surface area contributed by atoms with Crippen molar-refractivity contribution in [1.29, 1.82) is 0 Å². The van der Waals surface area contributed by atoms with Gasteiger partial charge in [0.15, 0.2) is 0 Å². The first-order valence-electron chi connectivity index (χ1n) is 5.10. The summed E-state index contributed by atoms with van der Waals surface area (Å²) in [4.78, 5) is 0. The average Bonchev–Trinajstić information content (AvgIpc) is 2.34. The summed E-state index contributed by atoms with van der Waals surface area (Å²) in [5.74, 6) is 0.391. The van der Waals surface area contributed by atoms with Crippen molar-refractivity contribution in [3.8, 4) is 0 Å². The Bertz CT molecular complexity index is 153. The molecule has 3 N–H and O–H groups in total. The SMILES string of the molecule is CC(C)(O)CNCC1CCCC1O. The summed E-state index contributed by atoms with van der Waals surface area (Å²) in [6.45, 7) is 4.98. The quantitative estimate of drug-likeness (QED) is 0.601. The Kier molecular flexibility index (Phi) is 3.71. The molecule has 0 spiro atoms. The van der Waals surface area contributed by atoms with E-state index in [1.807, 2.05) is 0 Å². The normalized spacial score (nSPS) is 29.5. The molecule has 3 nitrogen and oxygen atoms in total. The predicted octanol–water partition coefficient (Wildman–Crippen LogP) is 0.508. The van der Waals surface area contributed by atoms with E-state index in [0.717, 1.165) is 25.8 Å². The fraction of sp³-hybridized carbons (Fsp3) is 1.00. The molecule has 0 bridgehead atoms. The summed E-state index contributed by atoms with van der Waals surface area (Å²) in [6.07, 6.45) is 3.06. The smallest absolute Gasteiger partial charge is 0.0715 e. The third kappa shape index (κ3) is 4.07. The molecule has 1 rings (SSSR count). The lowest BCUT2D eigenvalue weighted by molar-refractivity contribution is 0.0738. The molecule has 1 saturated carbocycles. The summed E-state index contributed by atoms with van der Waals surface area (Å²) in [5, 5.41) is 22.1. The van der Waals surface area contributed by atoms with Crippen LogP contribution < -0.4 is 5.32 Å². The molecule has 78 valence electrons. The second-order valence-electron chi connectivity index (χ2n) is 4.70. The lowest BCUT2D eigenvalue weighted by atomic mass is 10.1. The zero-order valence-electron chi connectivity index (χ0n) is 8.58. The van der Waals surface area contributed by atoms with E-state index in [2.05, 4.69) is 5.32 Å². The van der Waals surface area contributed by atoms with Gasteiger partial charge < -0.3 is 15.5 Å². The highest BCUT2D eigenvalue weighted by Gasteiger charge is 2.25. The van der Waals surface area contributed by atoms with Crippen molar-refractivity contribution in [3.63, 3.8) is 0 Å². The molecule has 13 heavy (non-hydrogen) atoms. The predicted molar refractivity (Wildman–Crippen MR) is 52.5 cm³/mol. The van der Waals surface area contributed by atoms with Gasteiger partial charge in [0.25, 0.3) is 0 Å². The highest BCUT2D eigenvalue weighted by atomic mass is 16.3. The van der Waals surface area contributed by atoms with E-state index in [-0.39, 0.29) is 6.10 Å². The number of hydrogen-bond acceptors (Lipinski definition) is 3. The van der Waals surface area contributed by atoms with Gasteiger partial charge in [-0.2, -0.15) is 0 Å². The van der Waals surface area contributed by atoms with Crippen LogP contribution in [0.1, 0.15) is 33.1 Å². The Balaban J connectivity index is 2.12. The minimum absolute atomic E-state index is 0.130. The lowest BCUT2D eigenvalue weighted by Crippen LogP contribution is -2.38. The number of hydrogen-bond donors (Lipinski definition) is 3. The van der Waals surface area contributed by atoms with E-state index in [9.17, 15) is 10.2 Å². The van der Waals surface area contributed by atoms with Gasteiger partial charge in [0.05, 0.1) is 11.7 Å². The molecule has 1 fully saturated rings. The Labute approximate surface area is 80.2 Å². The third-order valence-electron chi connectivity index (χ3n) is 2.58. The van der Waals surface area contributed by atoms with Crippen LogP contribution in [0.4, 0.5) is 0 Å². The van der Waals surface area contributed by atoms with Gasteiger partial charge in [-0.1, -0.05) is 6.42 Å². The van der Waals surface area contributed by atoms with Crippen LogP contribution in [0, 0.1) is 5.92 Å². The number of nitrogens with one attached hydrogen (secondary N) is 1. The highest BCUT2D eigenvalue weighted by molar-refractivity contribution is 4.79. The van der Waals surface area contributed by atoms with Crippen molar-refractivity contribution in [2.24, 2.45) is 5.92 Å². The van der Waals surface area contributed by atoms with E-state index in [0.29, 0.717) is 12.5 Å². The van der Waals surface area contributed by atoms with E-state index < -0.39 is 5.60 Å². The van der Waals surface area contributed by atoms with Crippen LogP contribution in [0.15, 0.2) is 0 Å². The summed E-state index contributed by atoms with van der Waals surface area (Å²) < 4.78 is 0. The first-order chi connectivity index (χ1) is 5.99. The van der Waals surface area contributed by atoms with Gasteiger partial charge in [-0.05, 0) is 32.6 Å². The largest absolute Gasteiger partial charge is 0.393 e. The average molecular weight is 187 g/mol. The molecular formula is C10H21NO2. The van der Waals surface area contributed by atoms with Crippen LogP contribution in [0.5, 0.6) is 0 Å². The maximum Gasteiger partial charge on any atom is 0.0715 e. The molecule has 2 atom stereocenters. The Morgan fingerprint density at radius 1 is 1.38 bits per heavy atom. The minimum atomic E-state index is -0.649. The first kappa shape index (κ1) is 11.0. The maximum absolute atomic E-state index is 9.52. The molecule has 1 aliphatic rings. The highest BCUT2D eigenvalue weighted by Crippen LogP contribution is 2.24. The van der Waals surface area contributed by atoms with Gasteiger partial charge in [-0.15, -0.1) is 0 Å². The number of rotatable bonds is 4. The van der Waals surface area contributed by atoms with Gasteiger partial charge in [-0.3, -0.25) is 0 Å². The molecule has 0 heterocycles. The standard InChI is InChI=1S/C10H21NO2/c1-10(2,13)7-11-6-8-4-3-5-9(8)12/h8-9,11-13H,3-7H2,1-2H3. The third-order valence-corrected chi connectivity index (χ3v) is 2.58. The zero-order valence-corrected chi connectivity index (χ0v) is 8.58. The summed E-state index contributed by atoms with van der Waals surface area (Å²) >= 11 is 0. The van der Waals surface area contributed by atoms with Crippen LogP contribution in [-0.2, 0) is 0 Å². The van der Waals surface area contributed by atoms with Crippen molar-refractivity contribution in [2.45, 2.75) is 44.8 Å². The van der Waals surface area contributed by atoms with Crippen LogP contribution in [0.25, 0.3) is 0 Å². The molecule has 1 aliphatic carbocycles. The van der Waals surface area contributed by atoms with E-state index in [4.69, 9.17) is 0 Å². The van der Waals surface area contributed by atoms with E-state index >= 15 is 0 Å². The van der Waals surface area contributed by atoms with Gasteiger partial charge >= 0.3 is 0 Å². The van der Waals surface area contributed by atoms with Crippen molar-refractivity contribution < 1.29 is 10.2 Å². The van der Waals surface area contributed by atoms with Crippen molar-refractivity contribution in [3.05, 3.63) is 0 Å². The molecule has 0 aromatic heterocycles. The first-order valence-corrected chi connectivity index (χ1v) is 5.10. The van der Waals surface area contributed by atoms with E-state index in [1.54, 1.807) is 13.8 Å². The molecule has 0 aromatic carbocycles. The molecule has 0 aliphatic heterocycles. The fourth-order valence-corrected chi connectivity index (χ4v) is 1.82. The van der Waals surface area contributed by atoms with Gasteiger partial charge in [0, 0.05) is 13.1 Å². The van der Waals surface area contributed by atoms with Crippen molar-refractivity contribution in [1.82, 2.24) is 5.32 Å². The molecule has 2 unspecified atom stereocenters. The van der Waals surface area contributed by atoms with Crippen LogP contribution in [0.3, 0.4) is 0 Å². The van der Waals surface area contributed by atoms with Crippen molar-refractivity contribution >= 4 is 0 Å². The maximum atomic E-state index is 9.52. The molecule has 0 aromatic rings. The second-order valence-corrected chi connectivity index (χ2v) is 4.70. The zero-order chi connectivity index (χ0) is 9.90. The topological polar surface area (TPSA) is 52.5 Å². The van der Waals surface area contributed by atoms with Crippen LogP contribution in [0.2, 0.25) is 0 Å². The van der Waals surface area contributed by atoms with Gasteiger partial charge in [-0.25, -0.2) is 0 Å². The monoisotopic (exact) mass is 187 g/mol. The van der Waals surface area contributed by atoms with Gasteiger partial charge in [0.2, 0.25) is 0 Å². The molecule has 3 heteroatoms. The number of aliphatic hydroxyl groups is 2. The van der Waals surface area contributed by atoms with E-state index in [1.165, 1.54) is 0 Å². The number of aliphatic hydroxyl groups excluding tert-OH is 1. The Morgan fingerprint density at radius 3 is 2.54 bits per heavy atom.